The molecule has 0 aliphatic heterocycles. The van der Waals surface area contributed by atoms with Crippen molar-refractivity contribution >= 4 is 5.97 Å². The van der Waals surface area contributed by atoms with E-state index in [0.29, 0.717) is 31.4 Å². The molecule has 1 aromatic rings. The van der Waals surface area contributed by atoms with Gasteiger partial charge in [0.15, 0.2) is 17.7 Å². The maximum Gasteiger partial charge on any atom is 0.344 e. The van der Waals surface area contributed by atoms with Crippen LogP contribution in [0.1, 0.15) is 25.3 Å². The summed E-state index contributed by atoms with van der Waals surface area (Å²) >= 11 is 0. The van der Waals surface area contributed by atoms with E-state index >= 15 is 0 Å². The van der Waals surface area contributed by atoms with Crippen molar-refractivity contribution in [1.82, 2.24) is 0 Å². The van der Waals surface area contributed by atoms with Crippen LogP contribution >= 0.6 is 0 Å². The van der Waals surface area contributed by atoms with Crippen LogP contribution < -0.4 is 10.5 Å². The molecule has 0 aromatic heterocycles. The van der Waals surface area contributed by atoms with Crippen LogP contribution in [0.5, 0.6) is 5.75 Å². The van der Waals surface area contributed by atoms with Gasteiger partial charge >= 0.3 is 5.97 Å². The highest BCUT2D eigenvalue weighted by atomic mass is 19.1. The number of ether oxygens (including phenoxy) is 1. The Labute approximate surface area is 106 Å². The predicted molar refractivity (Wildman–Crippen MR) is 66.1 cm³/mol. The number of rotatable bonds is 7. The molecule has 1 atom stereocenters. The van der Waals surface area contributed by atoms with Crippen LogP contribution in [-0.4, -0.2) is 23.7 Å². The third kappa shape index (κ3) is 3.70. The van der Waals surface area contributed by atoms with Crippen LogP contribution in [0, 0.1) is 5.82 Å². The third-order valence-electron chi connectivity index (χ3n) is 2.55. The lowest BCUT2D eigenvalue weighted by Gasteiger charge is -2.17. The van der Waals surface area contributed by atoms with Gasteiger partial charge in [-0.3, -0.25) is 0 Å². The molecule has 100 valence electrons. The summed E-state index contributed by atoms with van der Waals surface area (Å²) in [5, 5.41) is 9.01. The molecule has 0 bridgehead atoms. The van der Waals surface area contributed by atoms with E-state index in [0.717, 1.165) is 0 Å². The predicted octanol–water partition coefficient (Wildman–Crippen LogP) is 1.96. The lowest BCUT2D eigenvalue weighted by molar-refractivity contribution is -0.145. The fraction of sp³-hybridized carbons (Fsp3) is 0.462. The van der Waals surface area contributed by atoms with Gasteiger partial charge in [0, 0.05) is 0 Å². The Balaban J connectivity index is 2.96. The summed E-state index contributed by atoms with van der Waals surface area (Å²) in [5.41, 5.74) is 6.03. The average molecular weight is 255 g/mol. The lowest BCUT2D eigenvalue weighted by atomic mass is 10.1. The van der Waals surface area contributed by atoms with E-state index in [1.807, 2.05) is 6.92 Å². The zero-order valence-electron chi connectivity index (χ0n) is 10.4. The Hall–Kier alpha value is -1.62. The summed E-state index contributed by atoms with van der Waals surface area (Å²) in [7, 11) is 0. The van der Waals surface area contributed by atoms with Gasteiger partial charge in [0.1, 0.15) is 0 Å². The minimum absolute atomic E-state index is 0.00352. The van der Waals surface area contributed by atoms with Crippen molar-refractivity contribution in [2.24, 2.45) is 5.73 Å². The summed E-state index contributed by atoms with van der Waals surface area (Å²) in [6.07, 6.45) is 0.415. The van der Waals surface area contributed by atoms with Crippen molar-refractivity contribution in [1.29, 1.82) is 0 Å². The topological polar surface area (TPSA) is 72.5 Å². The SMILES string of the molecule is CCCC(Oc1c(F)cccc1CCN)C(=O)O. The number of para-hydroxylation sites is 1. The largest absolute Gasteiger partial charge is 0.479 e. The molecule has 0 aliphatic carbocycles. The fourth-order valence-corrected chi connectivity index (χ4v) is 1.68. The zero-order valence-corrected chi connectivity index (χ0v) is 10.4. The first-order chi connectivity index (χ1) is 8.60. The zero-order chi connectivity index (χ0) is 13.5. The molecule has 0 heterocycles. The number of carbonyl (C=O) groups is 1. The van der Waals surface area contributed by atoms with Gasteiger partial charge in [-0.25, -0.2) is 9.18 Å². The Kier molecular flexibility index (Phi) is 5.58. The second-order valence-corrected chi connectivity index (χ2v) is 4.00. The number of nitrogens with two attached hydrogens (primary N) is 1. The molecule has 0 spiro atoms. The maximum absolute atomic E-state index is 13.7. The lowest BCUT2D eigenvalue weighted by Crippen LogP contribution is -2.27. The van der Waals surface area contributed by atoms with Crippen molar-refractivity contribution in [2.45, 2.75) is 32.3 Å². The van der Waals surface area contributed by atoms with Crippen molar-refractivity contribution in [3.63, 3.8) is 0 Å². The summed E-state index contributed by atoms with van der Waals surface area (Å²) in [5.74, 6) is -1.63. The van der Waals surface area contributed by atoms with E-state index in [9.17, 15) is 9.18 Å². The standard InChI is InChI=1S/C13H18FNO3/c1-2-4-11(13(16)17)18-12-9(7-8-15)5-3-6-10(12)14/h3,5-6,11H,2,4,7-8,15H2,1H3,(H,16,17). The van der Waals surface area contributed by atoms with Gasteiger partial charge in [0.05, 0.1) is 0 Å². The Morgan fingerprint density at radius 1 is 1.56 bits per heavy atom. The molecule has 0 aliphatic rings. The molecular weight excluding hydrogens is 237 g/mol. The molecule has 3 N–H and O–H groups in total. The first-order valence-electron chi connectivity index (χ1n) is 5.97. The monoisotopic (exact) mass is 255 g/mol. The summed E-state index contributed by atoms with van der Waals surface area (Å²) in [4.78, 5) is 11.0. The average Bonchev–Trinajstić information content (AvgIpc) is 2.32. The maximum atomic E-state index is 13.7. The normalized spacial score (nSPS) is 12.2. The number of benzene rings is 1. The number of hydrogen-bond donors (Lipinski definition) is 2. The molecule has 0 fully saturated rings. The first kappa shape index (κ1) is 14.4. The molecule has 0 saturated heterocycles. The van der Waals surface area contributed by atoms with Gasteiger partial charge in [-0.05, 0) is 31.0 Å². The van der Waals surface area contributed by atoms with E-state index in [-0.39, 0.29) is 5.75 Å². The van der Waals surface area contributed by atoms with Crippen LogP contribution in [-0.2, 0) is 11.2 Å². The summed E-state index contributed by atoms with van der Waals surface area (Å²) in [6.45, 7) is 2.20. The number of carboxylic acids is 1. The van der Waals surface area contributed by atoms with E-state index in [4.69, 9.17) is 15.6 Å². The number of hydrogen-bond acceptors (Lipinski definition) is 3. The quantitative estimate of drug-likeness (QED) is 0.781. The smallest absolute Gasteiger partial charge is 0.344 e. The van der Waals surface area contributed by atoms with Crippen molar-refractivity contribution in [3.8, 4) is 5.75 Å². The highest BCUT2D eigenvalue weighted by Gasteiger charge is 2.21. The van der Waals surface area contributed by atoms with E-state index in [2.05, 4.69) is 0 Å². The molecule has 4 nitrogen and oxygen atoms in total. The Morgan fingerprint density at radius 2 is 2.28 bits per heavy atom. The highest BCUT2D eigenvalue weighted by Crippen LogP contribution is 2.25. The van der Waals surface area contributed by atoms with Crippen LogP contribution in [0.15, 0.2) is 18.2 Å². The van der Waals surface area contributed by atoms with Crippen LogP contribution in [0.2, 0.25) is 0 Å². The van der Waals surface area contributed by atoms with Gasteiger partial charge in [-0.2, -0.15) is 0 Å². The minimum atomic E-state index is -1.08. The Morgan fingerprint density at radius 3 is 2.83 bits per heavy atom. The molecule has 1 rings (SSSR count). The highest BCUT2D eigenvalue weighted by molar-refractivity contribution is 5.72. The van der Waals surface area contributed by atoms with Crippen molar-refractivity contribution < 1.29 is 19.0 Å². The number of aliphatic carboxylic acids is 1. The summed E-state index contributed by atoms with van der Waals surface area (Å²) in [6, 6.07) is 4.50. The van der Waals surface area contributed by atoms with Crippen LogP contribution in [0.25, 0.3) is 0 Å². The van der Waals surface area contributed by atoms with Crippen LogP contribution in [0.4, 0.5) is 4.39 Å². The summed E-state index contributed by atoms with van der Waals surface area (Å²) < 4.78 is 19.0. The molecular formula is C13H18FNO3. The van der Waals surface area contributed by atoms with Gasteiger partial charge in [0.2, 0.25) is 0 Å². The number of halogens is 1. The molecule has 0 amide bonds. The van der Waals surface area contributed by atoms with Gasteiger partial charge < -0.3 is 15.6 Å². The van der Waals surface area contributed by atoms with Crippen LogP contribution in [0.3, 0.4) is 0 Å². The third-order valence-corrected chi connectivity index (χ3v) is 2.55. The number of carboxylic acid groups (broad SMARTS) is 1. The molecule has 1 aromatic carbocycles. The second-order valence-electron chi connectivity index (χ2n) is 4.00. The molecule has 0 saturated carbocycles. The minimum Gasteiger partial charge on any atom is -0.479 e. The van der Waals surface area contributed by atoms with Gasteiger partial charge in [-0.1, -0.05) is 25.5 Å². The first-order valence-corrected chi connectivity index (χ1v) is 5.97. The molecule has 18 heavy (non-hydrogen) atoms. The van der Waals surface area contributed by atoms with E-state index in [1.54, 1.807) is 12.1 Å². The van der Waals surface area contributed by atoms with E-state index in [1.165, 1.54) is 6.07 Å². The molecule has 5 heteroatoms. The van der Waals surface area contributed by atoms with E-state index < -0.39 is 17.9 Å². The van der Waals surface area contributed by atoms with Gasteiger partial charge in [-0.15, -0.1) is 0 Å². The van der Waals surface area contributed by atoms with Crippen molar-refractivity contribution in [3.05, 3.63) is 29.6 Å². The second kappa shape index (κ2) is 6.96. The Bertz CT molecular complexity index is 409. The fourth-order valence-electron chi connectivity index (χ4n) is 1.68. The molecule has 1 unspecified atom stereocenters. The van der Waals surface area contributed by atoms with Gasteiger partial charge in [0.25, 0.3) is 0 Å². The van der Waals surface area contributed by atoms with Crippen molar-refractivity contribution in [2.75, 3.05) is 6.54 Å². The molecule has 0 radical (unpaired) electrons.